The zero-order valence-electron chi connectivity index (χ0n) is 7.79. The second-order valence-corrected chi connectivity index (χ2v) is 3.74. The first-order valence-electron chi connectivity index (χ1n) is 3.91. The van der Waals surface area contributed by atoms with Gasteiger partial charge in [0.15, 0.2) is 0 Å². The molecule has 12 heavy (non-hydrogen) atoms. The van der Waals surface area contributed by atoms with E-state index in [9.17, 15) is 0 Å². The predicted molar refractivity (Wildman–Crippen MR) is 65.2 cm³/mol. The number of hydrogen-bond acceptors (Lipinski definition) is 1. The number of para-hydroxylation sites is 1. The fourth-order valence-corrected chi connectivity index (χ4v) is 0.954. The van der Waals surface area contributed by atoms with E-state index in [1.165, 1.54) is 5.69 Å². The van der Waals surface area contributed by atoms with Crippen LogP contribution in [-0.4, -0.2) is 5.54 Å². The molecule has 0 amide bonds. The van der Waals surface area contributed by atoms with Crippen LogP contribution < -0.4 is 5.32 Å². The number of rotatable bonds is 1. The molecule has 0 aromatic heterocycles. The molecular weight excluding hydrogens is 261 g/mol. The third kappa shape index (κ3) is 4.59. The fraction of sp³-hybridized carbons (Fsp3) is 0.400. The van der Waals surface area contributed by atoms with Gasteiger partial charge < -0.3 is 5.32 Å². The number of benzene rings is 1. The third-order valence-corrected chi connectivity index (χ3v) is 1.29. The summed E-state index contributed by atoms with van der Waals surface area (Å²) in [6, 6.07) is 10.2. The summed E-state index contributed by atoms with van der Waals surface area (Å²) in [6.07, 6.45) is 0. The smallest absolute Gasteiger partial charge is 0.0344 e. The quantitative estimate of drug-likeness (QED) is 0.774. The minimum atomic E-state index is 0. The van der Waals surface area contributed by atoms with E-state index in [0.717, 1.165) is 0 Å². The summed E-state index contributed by atoms with van der Waals surface area (Å²) < 4.78 is 0. The lowest BCUT2D eigenvalue weighted by Gasteiger charge is -2.21. The van der Waals surface area contributed by atoms with Crippen LogP contribution in [0, 0.1) is 0 Å². The van der Waals surface area contributed by atoms with Gasteiger partial charge in [0.1, 0.15) is 0 Å². The number of anilines is 1. The molecule has 0 saturated carbocycles. The highest BCUT2D eigenvalue weighted by Crippen LogP contribution is 2.12. The normalized spacial score (nSPS) is 10.2. The number of hydrogen-bond donors (Lipinski definition) is 1. The molecular formula is C10H16IN. The predicted octanol–water partition coefficient (Wildman–Crippen LogP) is 3.52. The molecule has 1 aromatic rings. The largest absolute Gasteiger partial charge is 0.380 e. The second kappa shape index (κ2) is 4.70. The van der Waals surface area contributed by atoms with Crippen LogP contribution in [0.2, 0.25) is 0 Å². The Morgan fingerprint density at radius 2 is 1.50 bits per heavy atom. The molecule has 0 aliphatic rings. The lowest BCUT2D eigenvalue weighted by Crippen LogP contribution is -2.25. The van der Waals surface area contributed by atoms with Crippen molar-refractivity contribution in [1.82, 2.24) is 0 Å². The minimum Gasteiger partial charge on any atom is -0.380 e. The summed E-state index contributed by atoms with van der Waals surface area (Å²) >= 11 is 0. The molecule has 0 radical (unpaired) electrons. The summed E-state index contributed by atoms with van der Waals surface area (Å²) in [6.45, 7) is 6.46. The molecule has 68 valence electrons. The van der Waals surface area contributed by atoms with Crippen LogP contribution in [0.1, 0.15) is 20.8 Å². The van der Waals surface area contributed by atoms with Crippen molar-refractivity contribution in [2.75, 3.05) is 5.32 Å². The summed E-state index contributed by atoms with van der Waals surface area (Å²) in [5.74, 6) is 0. The molecule has 1 N–H and O–H groups in total. The summed E-state index contributed by atoms with van der Waals surface area (Å²) in [5.41, 5.74) is 1.33. The number of nitrogens with one attached hydrogen (secondary N) is 1. The first kappa shape index (κ1) is 11.8. The Bertz CT molecular complexity index is 213. The maximum Gasteiger partial charge on any atom is 0.0344 e. The van der Waals surface area contributed by atoms with Crippen LogP contribution in [0.15, 0.2) is 30.3 Å². The van der Waals surface area contributed by atoms with Gasteiger partial charge in [-0.05, 0) is 32.9 Å². The van der Waals surface area contributed by atoms with Gasteiger partial charge in [0.05, 0.1) is 0 Å². The average Bonchev–Trinajstić information content (AvgIpc) is 1.85. The van der Waals surface area contributed by atoms with Crippen LogP contribution in [0.5, 0.6) is 0 Å². The van der Waals surface area contributed by atoms with Crippen LogP contribution in [-0.2, 0) is 0 Å². The van der Waals surface area contributed by atoms with Crippen molar-refractivity contribution in [2.24, 2.45) is 0 Å². The van der Waals surface area contributed by atoms with Crippen molar-refractivity contribution in [3.8, 4) is 0 Å². The van der Waals surface area contributed by atoms with Gasteiger partial charge in [0, 0.05) is 11.2 Å². The maximum atomic E-state index is 3.38. The summed E-state index contributed by atoms with van der Waals surface area (Å²) in [5, 5.41) is 3.38. The van der Waals surface area contributed by atoms with Gasteiger partial charge >= 0.3 is 0 Å². The molecule has 1 aromatic carbocycles. The van der Waals surface area contributed by atoms with Crippen LogP contribution in [0.3, 0.4) is 0 Å². The molecule has 0 atom stereocenters. The Kier molecular flexibility index (Phi) is 4.60. The fourth-order valence-electron chi connectivity index (χ4n) is 0.954. The van der Waals surface area contributed by atoms with Gasteiger partial charge in [-0.1, -0.05) is 18.2 Å². The third-order valence-electron chi connectivity index (χ3n) is 1.29. The SMILES string of the molecule is CC(C)(C)Nc1ccccc1.I. The molecule has 0 aliphatic heterocycles. The highest BCUT2D eigenvalue weighted by atomic mass is 127. The molecule has 2 heteroatoms. The van der Waals surface area contributed by atoms with Crippen LogP contribution >= 0.6 is 24.0 Å². The molecule has 0 unspecified atom stereocenters. The zero-order valence-corrected chi connectivity index (χ0v) is 10.1. The topological polar surface area (TPSA) is 12.0 Å². The number of halogens is 1. The van der Waals surface area contributed by atoms with Gasteiger partial charge in [0.2, 0.25) is 0 Å². The highest BCUT2D eigenvalue weighted by Gasteiger charge is 2.07. The van der Waals surface area contributed by atoms with E-state index in [1.54, 1.807) is 0 Å². The van der Waals surface area contributed by atoms with E-state index in [1.807, 2.05) is 18.2 Å². The van der Waals surface area contributed by atoms with Crippen molar-refractivity contribution in [3.63, 3.8) is 0 Å². The molecule has 0 aliphatic carbocycles. The van der Waals surface area contributed by atoms with E-state index in [0.29, 0.717) is 0 Å². The molecule has 0 bridgehead atoms. The van der Waals surface area contributed by atoms with Crippen LogP contribution in [0.4, 0.5) is 5.69 Å². The Morgan fingerprint density at radius 1 is 1.00 bits per heavy atom. The first-order chi connectivity index (χ1) is 5.08. The van der Waals surface area contributed by atoms with E-state index in [4.69, 9.17) is 0 Å². The van der Waals surface area contributed by atoms with Crippen molar-refractivity contribution in [3.05, 3.63) is 30.3 Å². The first-order valence-corrected chi connectivity index (χ1v) is 3.91. The Hall–Kier alpha value is -0.250. The van der Waals surface area contributed by atoms with E-state index < -0.39 is 0 Å². The lowest BCUT2D eigenvalue weighted by atomic mass is 10.1. The Labute approximate surface area is 91.6 Å². The van der Waals surface area contributed by atoms with Crippen molar-refractivity contribution >= 4 is 29.7 Å². The molecule has 1 nitrogen and oxygen atoms in total. The Morgan fingerprint density at radius 3 is 1.92 bits per heavy atom. The van der Waals surface area contributed by atoms with Crippen LogP contribution in [0.25, 0.3) is 0 Å². The van der Waals surface area contributed by atoms with E-state index in [2.05, 4.69) is 38.2 Å². The van der Waals surface area contributed by atoms with Gasteiger partial charge in [-0.3, -0.25) is 0 Å². The van der Waals surface area contributed by atoms with Crippen molar-refractivity contribution in [2.45, 2.75) is 26.3 Å². The van der Waals surface area contributed by atoms with Gasteiger partial charge in [-0.2, -0.15) is 0 Å². The maximum absolute atomic E-state index is 3.38. The summed E-state index contributed by atoms with van der Waals surface area (Å²) in [7, 11) is 0. The van der Waals surface area contributed by atoms with Crippen molar-refractivity contribution < 1.29 is 0 Å². The molecule has 0 saturated heterocycles. The van der Waals surface area contributed by atoms with E-state index >= 15 is 0 Å². The standard InChI is InChI=1S/C10H15N.HI/c1-10(2,3)11-9-7-5-4-6-8-9;/h4-8,11H,1-3H3;1H. The van der Waals surface area contributed by atoms with E-state index in [-0.39, 0.29) is 29.5 Å². The molecule has 0 spiro atoms. The van der Waals surface area contributed by atoms with Gasteiger partial charge in [-0.25, -0.2) is 0 Å². The monoisotopic (exact) mass is 277 g/mol. The minimum absolute atomic E-state index is 0. The molecule has 1 rings (SSSR count). The highest BCUT2D eigenvalue weighted by molar-refractivity contribution is 14.0. The zero-order chi connectivity index (χ0) is 8.32. The molecule has 0 heterocycles. The summed E-state index contributed by atoms with van der Waals surface area (Å²) in [4.78, 5) is 0. The molecule has 0 fully saturated rings. The lowest BCUT2D eigenvalue weighted by molar-refractivity contribution is 0.634. The van der Waals surface area contributed by atoms with Gasteiger partial charge in [-0.15, -0.1) is 24.0 Å². The van der Waals surface area contributed by atoms with Crippen molar-refractivity contribution in [1.29, 1.82) is 0 Å². The second-order valence-electron chi connectivity index (χ2n) is 3.74. The average molecular weight is 277 g/mol. The Balaban J connectivity index is 0.00000121. The van der Waals surface area contributed by atoms with Gasteiger partial charge in [0.25, 0.3) is 0 Å².